The number of hydrogen-bond acceptors (Lipinski definition) is 10. The van der Waals surface area contributed by atoms with Crippen LogP contribution in [-0.2, 0) is 38.2 Å². The minimum Gasteiger partial charge on any atom is -0.501 e. The van der Waals surface area contributed by atoms with Gasteiger partial charge in [0.05, 0.1) is 31.3 Å². The molecule has 3 aliphatic rings. The van der Waals surface area contributed by atoms with E-state index < -0.39 is 44.4 Å². The zero-order valence-corrected chi connectivity index (χ0v) is 24.8. The number of carbonyl (C=O) groups excluding carboxylic acids is 1. The fourth-order valence-electron chi connectivity index (χ4n) is 5.50. The number of rotatable bonds is 7. The van der Waals surface area contributed by atoms with Crippen LogP contribution in [0.15, 0.2) is 27.9 Å². The van der Waals surface area contributed by atoms with Crippen molar-refractivity contribution in [2.45, 2.75) is 48.7 Å². The number of nitrogens with zero attached hydrogens (tertiary/aromatic N) is 4. The minimum atomic E-state index is -4.09. The first-order chi connectivity index (χ1) is 19.4. The van der Waals surface area contributed by atoms with Crippen LogP contribution in [0.3, 0.4) is 0 Å². The molecule has 0 unspecified atom stereocenters. The lowest BCUT2D eigenvalue weighted by atomic mass is 10.1. The number of ether oxygens (including phenoxy) is 2. The Balaban J connectivity index is 1.33. The molecular formula is C26H34FN5O7S2. The lowest BCUT2D eigenvalue weighted by Gasteiger charge is -2.38. The number of benzene rings is 1. The molecule has 0 bridgehead atoms. The molecule has 1 aromatic carbocycles. The van der Waals surface area contributed by atoms with Gasteiger partial charge in [-0.3, -0.25) is 19.1 Å². The second kappa shape index (κ2) is 11.6. The molecule has 5 rings (SSSR count). The Bertz CT molecular complexity index is 1490. The Morgan fingerprint density at radius 3 is 2.66 bits per heavy atom. The van der Waals surface area contributed by atoms with Crippen molar-refractivity contribution >= 4 is 27.7 Å². The predicted molar refractivity (Wildman–Crippen MR) is 149 cm³/mol. The van der Waals surface area contributed by atoms with Gasteiger partial charge in [0.1, 0.15) is 17.2 Å². The Labute approximate surface area is 241 Å². The summed E-state index contributed by atoms with van der Waals surface area (Å²) in [6, 6.07) is 3.57. The van der Waals surface area contributed by atoms with Crippen molar-refractivity contribution in [2.75, 3.05) is 52.3 Å². The lowest BCUT2D eigenvalue weighted by molar-refractivity contribution is -0.0566. The number of piperazine rings is 1. The molecule has 224 valence electrons. The third-order valence-corrected chi connectivity index (χ3v) is 10.8. The summed E-state index contributed by atoms with van der Waals surface area (Å²) in [5.41, 5.74) is -2.08. The molecule has 4 heterocycles. The van der Waals surface area contributed by atoms with E-state index in [9.17, 15) is 27.5 Å². The summed E-state index contributed by atoms with van der Waals surface area (Å²) in [5.74, 6) is -2.24. The zero-order chi connectivity index (χ0) is 29.5. The van der Waals surface area contributed by atoms with Gasteiger partial charge in [0.25, 0.3) is 11.5 Å². The van der Waals surface area contributed by atoms with E-state index in [0.29, 0.717) is 31.6 Å². The third-order valence-electron chi connectivity index (χ3n) is 7.81. The molecule has 1 amide bonds. The number of halogens is 1. The van der Waals surface area contributed by atoms with Crippen LogP contribution >= 0.6 is 11.8 Å². The average Bonchev–Trinajstić information content (AvgIpc) is 3.43. The normalized spacial score (nSPS) is 23.3. The van der Waals surface area contributed by atoms with Crippen molar-refractivity contribution < 1.29 is 32.2 Å². The Kier molecular flexibility index (Phi) is 8.47. The van der Waals surface area contributed by atoms with E-state index >= 15 is 0 Å². The summed E-state index contributed by atoms with van der Waals surface area (Å²) in [7, 11) is -4.09. The van der Waals surface area contributed by atoms with Crippen LogP contribution in [0.2, 0.25) is 0 Å². The van der Waals surface area contributed by atoms with Crippen LogP contribution in [0, 0.1) is 5.82 Å². The maximum Gasteiger partial charge on any atom is 0.296 e. The van der Waals surface area contributed by atoms with E-state index in [1.165, 1.54) is 14.9 Å². The maximum absolute atomic E-state index is 14.3. The topological polar surface area (TPSA) is 143 Å². The summed E-state index contributed by atoms with van der Waals surface area (Å²) in [6.45, 7) is 6.29. The second-order valence-electron chi connectivity index (χ2n) is 10.7. The van der Waals surface area contributed by atoms with Crippen LogP contribution in [0.25, 0.3) is 0 Å². The van der Waals surface area contributed by atoms with Gasteiger partial charge in [0.2, 0.25) is 15.8 Å². The molecular weight excluding hydrogens is 577 g/mol. The summed E-state index contributed by atoms with van der Waals surface area (Å²) in [4.78, 5) is 32.0. The number of carbonyl (C=O) groups is 1. The fourth-order valence-corrected chi connectivity index (χ4v) is 7.96. The number of aromatic hydroxyl groups is 1. The van der Waals surface area contributed by atoms with E-state index in [-0.39, 0.29) is 55.1 Å². The van der Waals surface area contributed by atoms with Crippen LogP contribution in [0.1, 0.15) is 35.7 Å². The molecule has 12 nitrogen and oxygen atoms in total. The van der Waals surface area contributed by atoms with Gasteiger partial charge in [-0.15, -0.1) is 0 Å². The summed E-state index contributed by atoms with van der Waals surface area (Å²) >= 11 is 1.74. The summed E-state index contributed by atoms with van der Waals surface area (Å²) < 4.78 is 55.5. The highest BCUT2D eigenvalue weighted by molar-refractivity contribution is 7.99. The minimum absolute atomic E-state index is 0.159. The molecule has 2 fully saturated rings. The number of thioether (sulfide) groups is 1. The number of aromatic nitrogens is 2. The molecule has 0 spiro atoms. The zero-order valence-electron chi connectivity index (χ0n) is 23.1. The molecule has 1 aromatic heterocycles. The largest absolute Gasteiger partial charge is 0.501 e. The molecule has 2 atom stereocenters. The highest BCUT2D eigenvalue weighted by Crippen LogP contribution is 2.29. The van der Waals surface area contributed by atoms with Gasteiger partial charge in [0.15, 0.2) is 5.69 Å². The number of fused-ring (bicyclic) bond motifs is 1. The number of nitrogens with one attached hydrogen (secondary N) is 1. The van der Waals surface area contributed by atoms with Crippen molar-refractivity contribution in [3.05, 3.63) is 51.5 Å². The van der Waals surface area contributed by atoms with Crippen molar-refractivity contribution in [1.82, 2.24) is 24.1 Å². The van der Waals surface area contributed by atoms with Crippen molar-refractivity contribution in [3.8, 4) is 5.75 Å². The van der Waals surface area contributed by atoms with Gasteiger partial charge in [-0.2, -0.15) is 16.1 Å². The highest BCUT2D eigenvalue weighted by Gasteiger charge is 2.38. The molecule has 0 radical (unpaired) electrons. The van der Waals surface area contributed by atoms with E-state index in [4.69, 9.17) is 9.47 Å². The van der Waals surface area contributed by atoms with Crippen LogP contribution in [0.4, 0.5) is 4.39 Å². The van der Waals surface area contributed by atoms with Gasteiger partial charge >= 0.3 is 0 Å². The van der Waals surface area contributed by atoms with Gasteiger partial charge in [-0.1, -0.05) is 6.07 Å². The molecule has 2 saturated heterocycles. The van der Waals surface area contributed by atoms with Crippen LogP contribution in [0.5, 0.6) is 5.75 Å². The third kappa shape index (κ3) is 5.75. The molecule has 41 heavy (non-hydrogen) atoms. The monoisotopic (exact) mass is 611 g/mol. The predicted octanol–water partition coefficient (Wildman–Crippen LogP) is 0.720. The highest BCUT2D eigenvalue weighted by atomic mass is 32.2. The molecule has 15 heteroatoms. The van der Waals surface area contributed by atoms with Crippen LogP contribution < -0.4 is 10.9 Å². The Morgan fingerprint density at radius 1 is 1.22 bits per heavy atom. The van der Waals surface area contributed by atoms with E-state index in [1.54, 1.807) is 25.6 Å². The number of hydrogen-bond donors (Lipinski definition) is 2. The standard InChI is InChI=1S/C26H34FN5O7S2/c1-26(2)25-29-21(22(33)24(35)32(25)10-11-39-26)23(34)28-13-16-4-5-17(27)12-20(16)41(36,37)31-8-6-30(7-9-31)18-14-38-15-19(18)40-3/h4-5,12,18-19,33H,6-11,13-15H2,1-3H3,(H,28,34)/t18-,19-/m1/s1. The summed E-state index contributed by atoms with van der Waals surface area (Å²) in [5, 5.41) is 13.3. The Hall–Kier alpha value is -2.56. The lowest BCUT2D eigenvalue weighted by Crippen LogP contribution is -2.54. The first-order valence-electron chi connectivity index (χ1n) is 13.3. The smallest absolute Gasteiger partial charge is 0.296 e. The summed E-state index contributed by atoms with van der Waals surface area (Å²) in [6.07, 6.45) is 2.04. The van der Waals surface area contributed by atoms with Crippen LogP contribution in [-0.4, -0.2) is 102 Å². The van der Waals surface area contributed by atoms with E-state index in [1.807, 2.05) is 6.26 Å². The van der Waals surface area contributed by atoms with Crippen molar-refractivity contribution in [2.24, 2.45) is 0 Å². The van der Waals surface area contributed by atoms with Gasteiger partial charge in [-0.05, 0) is 37.8 Å². The van der Waals surface area contributed by atoms with Gasteiger partial charge in [-0.25, -0.2) is 17.8 Å². The maximum atomic E-state index is 14.3. The van der Waals surface area contributed by atoms with E-state index in [2.05, 4.69) is 15.2 Å². The first kappa shape index (κ1) is 29.9. The quantitative estimate of drug-likeness (QED) is 0.460. The SMILES string of the molecule is CS[C@@H]1COC[C@H]1N1CCN(S(=O)(=O)c2cc(F)ccc2CNC(=O)c2nc3n(c(=O)c2O)CCOC3(C)C)CC1. The molecule has 0 saturated carbocycles. The number of sulfonamides is 1. The Morgan fingerprint density at radius 2 is 1.95 bits per heavy atom. The van der Waals surface area contributed by atoms with Crippen molar-refractivity contribution in [1.29, 1.82) is 0 Å². The molecule has 0 aliphatic carbocycles. The average molecular weight is 612 g/mol. The van der Waals surface area contributed by atoms with Gasteiger partial charge in [0, 0.05) is 44.0 Å². The second-order valence-corrected chi connectivity index (χ2v) is 13.7. The molecule has 2 aromatic rings. The molecule has 2 N–H and O–H groups in total. The van der Waals surface area contributed by atoms with Crippen molar-refractivity contribution in [3.63, 3.8) is 0 Å². The van der Waals surface area contributed by atoms with E-state index in [0.717, 1.165) is 12.1 Å². The molecule has 3 aliphatic heterocycles. The van der Waals surface area contributed by atoms with Gasteiger partial charge < -0.3 is 19.9 Å². The fraction of sp³-hybridized carbons (Fsp3) is 0.577. The number of amides is 1. The first-order valence-corrected chi connectivity index (χ1v) is 16.1.